The number of hydrogen-bond acceptors (Lipinski definition) is 7. The van der Waals surface area contributed by atoms with Crippen LogP contribution in [-0.4, -0.2) is 33.7 Å². The van der Waals surface area contributed by atoms with Gasteiger partial charge in [0, 0.05) is 11.3 Å². The van der Waals surface area contributed by atoms with Gasteiger partial charge in [0.15, 0.2) is 11.5 Å². The van der Waals surface area contributed by atoms with Crippen molar-refractivity contribution in [1.29, 1.82) is 0 Å². The van der Waals surface area contributed by atoms with E-state index in [-0.39, 0.29) is 23.8 Å². The number of amides is 1. The van der Waals surface area contributed by atoms with E-state index in [1.54, 1.807) is 31.2 Å². The Labute approximate surface area is 142 Å². The van der Waals surface area contributed by atoms with E-state index in [9.17, 15) is 9.59 Å². The number of nitrogen functional groups attached to an aromatic ring is 2. The second-order valence-corrected chi connectivity index (χ2v) is 5.19. The molecule has 128 valence electrons. The first-order valence-electron chi connectivity index (χ1n) is 7.48. The Morgan fingerprint density at radius 3 is 2.80 bits per heavy atom. The van der Waals surface area contributed by atoms with E-state index in [4.69, 9.17) is 16.2 Å². The lowest BCUT2D eigenvalue weighted by Crippen LogP contribution is -2.13. The zero-order valence-electron chi connectivity index (χ0n) is 13.4. The van der Waals surface area contributed by atoms with Crippen LogP contribution in [0.15, 0.2) is 30.3 Å². The fourth-order valence-electron chi connectivity index (χ4n) is 2.29. The molecule has 0 aliphatic heterocycles. The predicted octanol–water partition coefficient (Wildman–Crippen LogP) is 1.55. The number of esters is 1. The van der Waals surface area contributed by atoms with Crippen LogP contribution in [0.4, 0.5) is 17.3 Å². The summed E-state index contributed by atoms with van der Waals surface area (Å²) in [5, 5.41) is 9.77. The first-order valence-corrected chi connectivity index (χ1v) is 7.48. The molecule has 6 N–H and O–H groups in total. The Kier molecular flexibility index (Phi) is 4.21. The highest BCUT2D eigenvalue weighted by Crippen LogP contribution is 2.24. The summed E-state index contributed by atoms with van der Waals surface area (Å²) in [4.78, 5) is 28.4. The molecule has 0 spiro atoms. The third kappa shape index (κ3) is 3.20. The average molecular weight is 340 g/mol. The zero-order valence-corrected chi connectivity index (χ0v) is 13.4. The van der Waals surface area contributed by atoms with E-state index in [0.29, 0.717) is 22.3 Å². The quantitative estimate of drug-likeness (QED) is 0.416. The molecule has 2 aromatic heterocycles. The normalized spacial score (nSPS) is 10.6. The summed E-state index contributed by atoms with van der Waals surface area (Å²) in [7, 11) is 0. The van der Waals surface area contributed by atoms with Crippen molar-refractivity contribution < 1.29 is 14.3 Å². The highest BCUT2D eigenvalue weighted by Gasteiger charge is 2.18. The van der Waals surface area contributed by atoms with E-state index in [1.165, 1.54) is 6.07 Å². The average Bonchev–Trinajstić information content (AvgIpc) is 2.96. The summed E-state index contributed by atoms with van der Waals surface area (Å²) in [5.74, 6) is -0.747. The molecule has 3 rings (SSSR count). The topological polar surface area (TPSA) is 149 Å². The molecule has 1 amide bonds. The molecular weight excluding hydrogens is 324 g/mol. The molecule has 1 aromatic carbocycles. The molecule has 3 aromatic rings. The molecule has 0 aliphatic carbocycles. The SMILES string of the molecule is CCOC(=O)c1cc2c(NC(=O)c3cccc(N)c3)n[nH]c2nc1N. The van der Waals surface area contributed by atoms with Crippen molar-refractivity contribution in [2.45, 2.75) is 6.92 Å². The maximum Gasteiger partial charge on any atom is 0.341 e. The number of H-pyrrole nitrogens is 1. The number of benzene rings is 1. The van der Waals surface area contributed by atoms with Gasteiger partial charge in [-0.1, -0.05) is 6.07 Å². The number of nitrogens with zero attached hydrogens (tertiary/aromatic N) is 2. The Morgan fingerprint density at radius 1 is 1.28 bits per heavy atom. The highest BCUT2D eigenvalue weighted by molar-refractivity contribution is 6.09. The number of hydrogen-bond donors (Lipinski definition) is 4. The van der Waals surface area contributed by atoms with Crippen LogP contribution in [0.3, 0.4) is 0 Å². The summed E-state index contributed by atoms with van der Waals surface area (Å²) in [5.41, 5.74) is 12.8. The van der Waals surface area contributed by atoms with Gasteiger partial charge in [-0.2, -0.15) is 5.10 Å². The molecule has 0 aliphatic rings. The van der Waals surface area contributed by atoms with Crippen molar-refractivity contribution in [2.75, 3.05) is 23.4 Å². The first-order chi connectivity index (χ1) is 12.0. The van der Waals surface area contributed by atoms with Crippen molar-refractivity contribution in [3.8, 4) is 0 Å². The third-order valence-electron chi connectivity index (χ3n) is 3.46. The Bertz CT molecular complexity index is 966. The fourth-order valence-corrected chi connectivity index (χ4v) is 2.29. The molecule has 9 heteroatoms. The lowest BCUT2D eigenvalue weighted by atomic mass is 10.2. The molecule has 9 nitrogen and oxygen atoms in total. The van der Waals surface area contributed by atoms with Crippen LogP contribution in [0.5, 0.6) is 0 Å². The molecule has 0 radical (unpaired) electrons. The van der Waals surface area contributed by atoms with Crippen molar-refractivity contribution in [1.82, 2.24) is 15.2 Å². The van der Waals surface area contributed by atoms with Gasteiger partial charge in [-0.25, -0.2) is 9.78 Å². The van der Waals surface area contributed by atoms with E-state index in [1.807, 2.05) is 0 Å². The summed E-state index contributed by atoms with van der Waals surface area (Å²) in [6.07, 6.45) is 0. The van der Waals surface area contributed by atoms with Gasteiger partial charge in [-0.3, -0.25) is 9.89 Å². The van der Waals surface area contributed by atoms with Crippen LogP contribution >= 0.6 is 0 Å². The van der Waals surface area contributed by atoms with Gasteiger partial charge in [0.1, 0.15) is 11.4 Å². The highest BCUT2D eigenvalue weighted by atomic mass is 16.5. The molecule has 2 heterocycles. The molecule has 0 bridgehead atoms. The van der Waals surface area contributed by atoms with Gasteiger partial charge in [-0.05, 0) is 31.2 Å². The summed E-state index contributed by atoms with van der Waals surface area (Å²) < 4.78 is 4.95. The number of carbonyl (C=O) groups excluding carboxylic acids is 2. The lowest BCUT2D eigenvalue weighted by molar-refractivity contribution is 0.0527. The maximum atomic E-state index is 12.3. The van der Waals surface area contributed by atoms with Crippen LogP contribution in [0.2, 0.25) is 0 Å². The van der Waals surface area contributed by atoms with E-state index in [0.717, 1.165) is 0 Å². The fraction of sp³-hybridized carbons (Fsp3) is 0.125. The molecule has 0 fully saturated rings. The monoisotopic (exact) mass is 340 g/mol. The number of nitrogens with two attached hydrogens (primary N) is 2. The summed E-state index contributed by atoms with van der Waals surface area (Å²) >= 11 is 0. The molecule has 0 unspecified atom stereocenters. The Balaban J connectivity index is 1.95. The number of rotatable bonds is 4. The number of nitrogens with one attached hydrogen (secondary N) is 2. The number of aromatic nitrogens is 3. The number of anilines is 3. The number of ether oxygens (including phenoxy) is 1. The number of fused-ring (bicyclic) bond motifs is 1. The van der Waals surface area contributed by atoms with E-state index in [2.05, 4.69) is 20.5 Å². The maximum absolute atomic E-state index is 12.3. The van der Waals surface area contributed by atoms with Crippen LogP contribution in [0.25, 0.3) is 11.0 Å². The largest absolute Gasteiger partial charge is 0.462 e. The zero-order chi connectivity index (χ0) is 18.0. The second kappa shape index (κ2) is 6.48. The molecule has 25 heavy (non-hydrogen) atoms. The molecular formula is C16H16N6O3. The Morgan fingerprint density at radius 2 is 2.08 bits per heavy atom. The minimum atomic E-state index is -0.594. The van der Waals surface area contributed by atoms with Gasteiger partial charge >= 0.3 is 5.97 Å². The summed E-state index contributed by atoms with van der Waals surface area (Å²) in [6, 6.07) is 8.01. The standard InChI is InChI=1S/C16H16N6O3/c1-2-25-16(24)10-7-11-13(19-12(10)18)21-22-14(11)20-15(23)8-4-3-5-9(17)6-8/h3-7H,2,17H2,1H3,(H4,18,19,20,21,22,23). The van der Waals surface area contributed by atoms with E-state index >= 15 is 0 Å². The Hall–Kier alpha value is -3.62. The van der Waals surface area contributed by atoms with Crippen LogP contribution in [0, 0.1) is 0 Å². The van der Waals surface area contributed by atoms with E-state index < -0.39 is 11.9 Å². The van der Waals surface area contributed by atoms with Crippen molar-refractivity contribution in [2.24, 2.45) is 0 Å². The number of pyridine rings is 1. The van der Waals surface area contributed by atoms with Gasteiger partial charge in [0.05, 0.1) is 12.0 Å². The van der Waals surface area contributed by atoms with Crippen molar-refractivity contribution in [3.63, 3.8) is 0 Å². The molecule has 0 saturated heterocycles. The lowest BCUT2D eigenvalue weighted by Gasteiger charge is -2.06. The van der Waals surface area contributed by atoms with Crippen molar-refractivity contribution >= 4 is 40.2 Å². The van der Waals surface area contributed by atoms with Gasteiger partial charge in [-0.15, -0.1) is 0 Å². The minimum absolute atomic E-state index is 0.0170. The summed E-state index contributed by atoms with van der Waals surface area (Å²) in [6.45, 7) is 1.90. The van der Waals surface area contributed by atoms with Crippen LogP contribution in [0.1, 0.15) is 27.6 Å². The molecule has 0 atom stereocenters. The predicted molar refractivity (Wildman–Crippen MR) is 93.1 cm³/mol. The smallest absolute Gasteiger partial charge is 0.341 e. The minimum Gasteiger partial charge on any atom is -0.462 e. The van der Waals surface area contributed by atoms with Gasteiger partial charge < -0.3 is 21.5 Å². The van der Waals surface area contributed by atoms with Gasteiger partial charge in [0.2, 0.25) is 0 Å². The first kappa shape index (κ1) is 16.2. The van der Waals surface area contributed by atoms with Crippen LogP contribution in [-0.2, 0) is 4.74 Å². The van der Waals surface area contributed by atoms with Crippen LogP contribution < -0.4 is 16.8 Å². The number of carbonyl (C=O) groups is 2. The third-order valence-corrected chi connectivity index (χ3v) is 3.46. The molecule has 0 saturated carbocycles. The number of aromatic amines is 1. The second-order valence-electron chi connectivity index (χ2n) is 5.19. The van der Waals surface area contributed by atoms with Crippen molar-refractivity contribution in [3.05, 3.63) is 41.5 Å². The van der Waals surface area contributed by atoms with Gasteiger partial charge in [0.25, 0.3) is 5.91 Å².